The molecule has 1 N–H and O–H groups in total. The molecule has 3 aliphatic rings. The smallest absolute Gasteiger partial charge is 0.410 e. The molecule has 0 aromatic heterocycles. The predicted molar refractivity (Wildman–Crippen MR) is 61.3 cm³/mol. The van der Waals surface area contributed by atoms with E-state index in [0.717, 1.165) is 12.2 Å². The first-order valence-corrected chi connectivity index (χ1v) is 6.97. The van der Waals surface area contributed by atoms with Crippen LogP contribution in [-0.2, 0) is 9.47 Å². The second-order valence-electron chi connectivity index (χ2n) is 4.77. The number of carbonyl (C=O) groups excluding carboxylic acids is 1. The summed E-state index contributed by atoms with van der Waals surface area (Å²) in [5, 5.41) is 3.47. The van der Waals surface area contributed by atoms with Gasteiger partial charge in [-0.25, -0.2) is 4.79 Å². The molecule has 0 radical (unpaired) electrons. The van der Waals surface area contributed by atoms with E-state index in [1.807, 2.05) is 11.8 Å². The lowest BCUT2D eigenvalue weighted by Crippen LogP contribution is -2.59. The quantitative estimate of drug-likeness (QED) is 0.762. The molecule has 1 saturated carbocycles. The van der Waals surface area contributed by atoms with Crippen molar-refractivity contribution >= 4 is 17.9 Å². The van der Waals surface area contributed by atoms with Crippen LogP contribution < -0.4 is 5.32 Å². The molecule has 5 heteroatoms. The fourth-order valence-corrected chi connectivity index (χ4v) is 4.94. The second kappa shape index (κ2) is 3.81. The van der Waals surface area contributed by atoms with E-state index < -0.39 is 5.79 Å². The topological polar surface area (TPSA) is 47.6 Å². The summed E-state index contributed by atoms with van der Waals surface area (Å²) in [7, 11) is 1.66. The molecule has 2 saturated heterocycles. The standard InChI is InChI=1S/C11H17NO3S/c1-14-11-7-4-2-3-5-8(7)16-6-9(11)12-10(13)15-11/h7-9H,2-6H2,1H3,(H,12,13)/t7-,8+,9-,11+/m0/s1. The highest BCUT2D eigenvalue weighted by atomic mass is 32.2. The Kier molecular flexibility index (Phi) is 2.55. The van der Waals surface area contributed by atoms with Crippen LogP contribution in [0.4, 0.5) is 4.79 Å². The maximum atomic E-state index is 11.4. The average molecular weight is 243 g/mol. The van der Waals surface area contributed by atoms with Crippen LogP contribution in [0, 0.1) is 5.92 Å². The summed E-state index contributed by atoms with van der Waals surface area (Å²) in [5.74, 6) is 0.572. The van der Waals surface area contributed by atoms with Gasteiger partial charge in [0.05, 0.1) is 0 Å². The lowest BCUT2D eigenvalue weighted by atomic mass is 9.79. The second-order valence-corrected chi connectivity index (χ2v) is 6.05. The highest BCUT2D eigenvalue weighted by molar-refractivity contribution is 8.00. The van der Waals surface area contributed by atoms with Crippen molar-refractivity contribution in [1.82, 2.24) is 5.32 Å². The molecule has 3 rings (SSSR count). The third-order valence-electron chi connectivity index (χ3n) is 4.05. The first-order valence-electron chi connectivity index (χ1n) is 5.92. The predicted octanol–water partition coefficient (Wildman–Crippen LogP) is 1.74. The highest BCUT2D eigenvalue weighted by Gasteiger charge is 2.60. The average Bonchev–Trinajstić information content (AvgIpc) is 2.66. The largest absolute Gasteiger partial charge is 0.414 e. The third-order valence-corrected chi connectivity index (χ3v) is 5.56. The summed E-state index contributed by atoms with van der Waals surface area (Å²) in [4.78, 5) is 11.4. The van der Waals surface area contributed by atoms with Gasteiger partial charge in [-0.3, -0.25) is 0 Å². The molecule has 1 aliphatic carbocycles. The summed E-state index contributed by atoms with van der Waals surface area (Å²) >= 11 is 1.96. The molecular formula is C11H17NO3S. The Morgan fingerprint density at radius 3 is 3.12 bits per heavy atom. The zero-order valence-electron chi connectivity index (χ0n) is 9.40. The molecule has 0 unspecified atom stereocenters. The number of nitrogens with one attached hydrogen (secondary N) is 1. The summed E-state index contributed by atoms with van der Waals surface area (Å²) in [6.45, 7) is 0. The van der Waals surface area contributed by atoms with E-state index in [2.05, 4.69) is 5.32 Å². The molecule has 90 valence electrons. The van der Waals surface area contributed by atoms with Gasteiger partial charge in [0, 0.05) is 24.0 Å². The zero-order valence-corrected chi connectivity index (χ0v) is 10.2. The first kappa shape index (κ1) is 10.7. The highest BCUT2D eigenvalue weighted by Crippen LogP contribution is 2.49. The summed E-state index contributed by atoms with van der Waals surface area (Å²) in [6.07, 6.45) is 4.53. The number of hydrogen-bond donors (Lipinski definition) is 1. The third kappa shape index (κ3) is 1.37. The van der Waals surface area contributed by atoms with Crippen molar-refractivity contribution in [2.75, 3.05) is 12.9 Å². The summed E-state index contributed by atoms with van der Waals surface area (Å²) in [5.41, 5.74) is 0. The molecule has 4 nitrogen and oxygen atoms in total. The Labute approximate surface area is 99.4 Å². The molecule has 0 aromatic rings. The molecular weight excluding hydrogens is 226 g/mol. The van der Waals surface area contributed by atoms with Crippen molar-refractivity contribution in [3.8, 4) is 0 Å². The van der Waals surface area contributed by atoms with Gasteiger partial charge >= 0.3 is 6.09 Å². The lowest BCUT2D eigenvalue weighted by molar-refractivity contribution is -0.215. The van der Waals surface area contributed by atoms with Crippen LogP contribution in [0.5, 0.6) is 0 Å². The fraction of sp³-hybridized carbons (Fsp3) is 0.909. The number of carbonyl (C=O) groups is 1. The van der Waals surface area contributed by atoms with E-state index in [1.165, 1.54) is 19.3 Å². The van der Waals surface area contributed by atoms with Crippen LogP contribution in [0.15, 0.2) is 0 Å². The Bertz CT molecular complexity index is 312. The van der Waals surface area contributed by atoms with Crippen molar-refractivity contribution in [1.29, 1.82) is 0 Å². The van der Waals surface area contributed by atoms with E-state index in [4.69, 9.17) is 9.47 Å². The summed E-state index contributed by atoms with van der Waals surface area (Å²) in [6, 6.07) is 0.0225. The first-order chi connectivity index (χ1) is 7.76. The van der Waals surface area contributed by atoms with Crippen molar-refractivity contribution in [2.45, 2.75) is 42.8 Å². The van der Waals surface area contributed by atoms with E-state index in [9.17, 15) is 4.79 Å². The van der Waals surface area contributed by atoms with Crippen LogP contribution in [0.1, 0.15) is 25.7 Å². The molecule has 16 heavy (non-hydrogen) atoms. The lowest BCUT2D eigenvalue weighted by Gasteiger charge is -2.47. The normalized spacial score (nSPS) is 46.6. The number of hydrogen-bond acceptors (Lipinski definition) is 4. The van der Waals surface area contributed by atoms with E-state index >= 15 is 0 Å². The van der Waals surface area contributed by atoms with Crippen molar-refractivity contribution in [3.05, 3.63) is 0 Å². The maximum Gasteiger partial charge on any atom is 0.410 e. The number of fused-ring (bicyclic) bond motifs is 3. The maximum absolute atomic E-state index is 11.4. The molecule has 0 spiro atoms. The number of alkyl carbamates (subject to hydrolysis) is 1. The minimum atomic E-state index is -0.687. The number of thioether (sulfide) groups is 1. The van der Waals surface area contributed by atoms with Crippen LogP contribution in [0.25, 0.3) is 0 Å². The van der Waals surface area contributed by atoms with Crippen LogP contribution in [0.2, 0.25) is 0 Å². The van der Waals surface area contributed by atoms with Crippen molar-refractivity contribution < 1.29 is 14.3 Å². The fourth-order valence-electron chi connectivity index (χ4n) is 3.29. The Hall–Kier alpha value is -0.420. The van der Waals surface area contributed by atoms with Gasteiger partial charge in [-0.1, -0.05) is 12.8 Å². The number of methoxy groups -OCH3 is 1. The zero-order chi connectivity index (χ0) is 11.2. The Morgan fingerprint density at radius 2 is 2.31 bits per heavy atom. The number of rotatable bonds is 1. The van der Waals surface area contributed by atoms with Gasteiger partial charge in [0.15, 0.2) is 0 Å². The molecule has 0 aromatic carbocycles. The van der Waals surface area contributed by atoms with Gasteiger partial charge < -0.3 is 14.8 Å². The van der Waals surface area contributed by atoms with E-state index in [1.54, 1.807) is 7.11 Å². The van der Waals surface area contributed by atoms with Gasteiger partial charge in [-0.05, 0) is 12.8 Å². The van der Waals surface area contributed by atoms with Gasteiger partial charge in [0.1, 0.15) is 6.04 Å². The Balaban J connectivity index is 1.92. The van der Waals surface area contributed by atoms with Crippen molar-refractivity contribution in [3.63, 3.8) is 0 Å². The van der Waals surface area contributed by atoms with Crippen molar-refractivity contribution in [2.24, 2.45) is 5.92 Å². The minimum absolute atomic E-state index is 0.0225. The van der Waals surface area contributed by atoms with E-state index in [0.29, 0.717) is 11.2 Å². The molecule has 1 amide bonds. The van der Waals surface area contributed by atoms with E-state index in [-0.39, 0.29) is 12.1 Å². The van der Waals surface area contributed by atoms with Gasteiger partial charge in [-0.2, -0.15) is 11.8 Å². The van der Waals surface area contributed by atoms with Gasteiger partial charge in [0.25, 0.3) is 0 Å². The molecule has 3 fully saturated rings. The minimum Gasteiger partial charge on any atom is -0.414 e. The SMILES string of the molecule is CO[C@]12OC(=O)N[C@H]1CS[C@@H]1CCCC[C@@H]12. The molecule has 2 aliphatic heterocycles. The molecule has 0 bridgehead atoms. The Morgan fingerprint density at radius 1 is 1.50 bits per heavy atom. The summed E-state index contributed by atoms with van der Waals surface area (Å²) < 4.78 is 11.1. The monoisotopic (exact) mass is 243 g/mol. The van der Waals surface area contributed by atoms with Gasteiger partial charge in [-0.15, -0.1) is 0 Å². The molecule has 2 heterocycles. The van der Waals surface area contributed by atoms with Crippen LogP contribution in [-0.4, -0.2) is 36.0 Å². The number of ether oxygens (including phenoxy) is 2. The van der Waals surface area contributed by atoms with Gasteiger partial charge in [0.2, 0.25) is 5.79 Å². The van der Waals surface area contributed by atoms with Crippen LogP contribution >= 0.6 is 11.8 Å². The van der Waals surface area contributed by atoms with Crippen LogP contribution in [0.3, 0.4) is 0 Å². The number of amides is 1. The molecule has 4 atom stereocenters.